The summed E-state index contributed by atoms with van der Waals surface area (Å²) in [5.41, 5.74) is 2.41. The van der Waals surface area contributed by atoms with Crippen LogP contribution < -0.4 is 5.32 Å². The number of hydrogen-bond donors (Lipinski definition) is 1. The lowest BCUT2D eigenvalue weighted by Crippen LogP contribution is -2.05. The Morgan fingerprint density at radius 1 is 0.905 bits per heavy atom. The van der Waals surface area contributed by atoms with Crippen LogP contribution in [0, 0.1) is 0 Å². The van der Waals surface area contributed by atoms with E-state index in [1.807, 2.05) is 12.1 Å². The van der Waals surface area contributed by atoms with E-state index in [0.717, 1.165) is 17.7 Å². The number of hydrogen-bond acceptors (Lipinski definition) is 1. The maximum absolute atomic E-state index is 12.5. The fourth-order valence-corrected chi connectivity index (χ4v) is 2.00. The number of rotatable bonds is 4. The zero-order chi connectivity index (χ0) is 15.5. The molecule has 0 fully saturated rings. The lowest BCUT2D eigenvalue weighted by molar-refractivity contribution is -0.137. The van der Waals surface area contributed by atoms with Gasteiger partial charge in [-0.15, -0.1) is 0 Å². The highest BCUT2D eigenvalue weighted by molar-refractivity contribution is 5.45. The van der Waals surface area contributed by atoms with Gasteiger partial charge in [0.2, 0.25) is 0 Å². The maximum atomic E-state index is 12.5. The lowest BCUT2D eigenvalue weighted by atomic mass is 10.0. The van der Waals surface area contributed by atoms with E-state index >= 15 is 0 Å². The molecule has 0 aliphatic carbocycles. The summed E-state index contributed by atoms with van der Waals surface area (Å²) in [4.78, 5) is 0. The van der Waals surface area contributed by atoms with Crippen molar-refractivity contribution in [1.29, 1.82) is 0 Å². The van der Waals surface area contributed by atoms with Gasteiger partial charge in [0, 0.05) is 12.2 Å². The van der Waals surface area contributed by atoms with Crippen LogP contribution in [0.25, 0.3) is 0 Å². The number of benzene rings is 2. The minimum atomic E-state index is -4.29. The second kappa shape index (κ2) is 6.20. The van der Waals surface area contributed by atoms with E-state index in [2.05, 4.69) is 31.3 Å². The summed E-state index contributed by atoms with van der Waals surface area (Å²) in [6, 6.07) is 13.3. The molecule has 0 heterocycles. The molecular formula is C17H18F3N. The summed E-state index contributed by atoms with van der Waals surface area (Å²) in [7, 11) is 0. The number of alkyl halides is 3. The van der Waals surface area contributed by atoms with Gasteiger partial charge < -0.3 is 5.32 Å². The third-order valence-corrected chi connectivity index (χ3v) is 3.36. The Morgan fingerprint density at radius 3 is 1.95 bits per heavy atom. The molecule has 21 heavy (non-hydrogen) atoms. The normalized spacial score (nSPS) is 11.7. The molecule has 2 rings (SSSR count). The second-order valence-electron chi connectivity index (χ2n) is 5.32. The Kier molecular flexibility index (Phi) is 4.56. The van der Waals surface area contributed by atoms with Crippen LogP contribution in [0.5, 0.6) is 0 Å². The van der Waals surface area contributed by atoms with Crippen molar-refractivity contribution in [2.75, 3.05) is 5.32 Å². The van der Waals surface area contributed by atoms with Crippen LogP contribution in [0.15, 0.2) is 48.5 Å². The van der Waals surface area contributed by atoms with Crippen LogP contribution in [-0.2, 0) is 12.7 Å². The molecule has 1 nitrogen and oxygen atoms in total. The molecule has 0 aliphatic heterocycles. The molecule has 0 unspecified atom stereocenters. The minimum Gasteiger partial charge on any atom is -0.381 e. The van der Waals surface area contributed by atoms with Gasteiger partial charge in [0.15, 0.2) is 0 Å². The largest absolute Gasteiger partial charge is 0.416 e. The van der Waals surface area contributed by atoms with Gasteiger partial charge in [-0.2, -0.15) is 13.2 Å². The maximum Gasteiger partial charge on any atom is 0.416 e. The first-order chi connectivity index (χ1) is 9.86. The zero-order valence-electron chi connectivity index (χ0n) is 12.0. The van der Waals surface area contributed by atoms with Gasteiger partial charge in [-0.25, -0.2) is 0 Å². The van der Waals surface area contributed by atoms with E-state index in [1.165, 1.54) is 17.7 Å². The average Bonchev–Trinajstić information content (AvgIpc) is 2.45. The topological polar surface area (TPSA) is 12.0 Å². The molecular weight excluding hydrogens is 275 g/mol. The fourth-order valence-electron chi connectivity index (χ4n) is 2.00. The van der Waals surface area contributed by atoms with Gasteiger partial charge in [0.1, 0.15) is 0 Å². The molecule has 0 aromatic heterocycles. The summed E-state index contributed by atoms with van der Waals surface area (Å²) in [6.45, 7) is 4.86. The van der Waals surface area contributed by atoms with E-state index in [-0.39, 0.29) is 0 Å². The molecule has 0 atom stereocenters. The van der Waals surface area contributed by atoms with Crippen molar-refractivity contribution in [3.63, 3.8) is 0 Å². The summed E-state index contributed by atoms with van der Waals surface area (Å²) in [5, 5.41) is 3.12. The van der Waals surface area contributed by atoms with Gasteiger partial charge in [0.05, 0.1) is 5.56 Å². The first-order valence-electron chi connectivity index (χ1n) is 6.86. The predicted molar refractivity (Wildman–Crippen MR) is 79.3 cm³/mol. The van der Waals surface area contributed by atoms with Crippen LogP contribution in [0.4, 0.5) is 18.9 Å². The average molecular weight is 293 g/mol. The van der Waals surface area contributed by atoms with E-state index in [4.69, 9.17) is 0 Å². The van der Waals surface area contributed by atoms with Crippen molar-refractivity contribution in [2.24, 2.45) is 0 Å². The first-order valence-corrected chi connectivity index (χ1v) is 6.86. The van der Waals surface area contributed by atoms with Gasteiger partial charge in [-0.1, -0.05) is 38.1 Å². The molecule has 112 valence electrons. The summed E-state index contributed by atoms with van der Waals surface area (Å²) < 4.78 is 37.4. The predicted octanol–water partition coefficient (Wildman–Crippen LogP) is 5.44. The Bertz CT molecular complexity index is 568. The van der Waals surface area contributed by atoms with Crippen molar-refractivity contribution in [1.82, 2.24) is 0 Å². The molecule has 0 amide bonds. The molecule has 0 saturated carbocycles. The highest BCUT2D eigenvalue weighted by Crippen LogP contribution is 2.29. The first kappa shape index (κ1) is 15.4. The number of halogens is 3. The molecule has 0 radical (unpaired) electrons. The summed E-state index contributed by atoms with van der Waals surface area (Å²) in [5.74, 6) is 0.488. The van der Waals surface area contributed by atoms with Crippen molar-refractivity contribution in [2.45, 2.75) is 32.5 Å². The van der Waals surface area contributed by atoms with Crippen molar-refractivity contribution < 1.29 is 13.2 Å². The molecule has 0 saturated heterocycles. The SMILES string of the molecule is CC(C)c1ccc(CNc2ccc(C(F)(F)F)cc2)cc1. The minimum absolute atomic E-state index is 0.488. The van der Waals surface area contributed by atoms with E-state index < -0.39 is 11.7 Å². The molecule has 1 N–H and O–H groups in total. The monoisotopic (exact) mass is 293 g/mol. The van der Waals surface area contributed by atoms with Crippen LogP contribution in [-0.4, -0.2) is 0 Å². The number of anilines is 1. The Morgan fingerprint density at radius 2 is 1.48 bits per heavy atom. The molecule has 2 aromatic carbocycles. The third kappa shape index (κ3) is 4.25. The second-order valence-corrected chi connectivity index (χ2v) is 5.32. The van der Waals surface area contributed by atoms with Gasteiger partial charge in [0.25, 0.3) is 0 Å². The van der Waals surface area contributed by atoms with Gasteiger partial charge in [-0.05, 0) is 41.3 Å². The van der Waals surface area contributed by atoms with Crippen LogP contribution >= 0.6 is 0 Å². The molecule has 2 aromatic rings. The van der Waals surface area contributed by atoms with E-state index in [0.29, 0.717) is 18.2 Å². The quantitative estimate of drug-likeness (QED) is 0.791. The standard InChI is InChI=1S/C17H18F3N/c1-12(2)14-5-3-13(4-6-14)11-21-16-9-7-15(8-10-16)17(18,19)20/h3-10,12,21H,11H2,1-2H3. The van der Waals surface area contributed by atoms with E-state index in [1.54, 1.807) is 0 Å². The van der Waals surface area contributed by atoms with E-state index in [9.17, 15) is 13.2 Å². The Hall–Kier alpha value is -1.97. The zero-order valence-corrected chi connectivity index (χ0v) is 12.0. The Balaban J connectivity index is 1.96. The smallest absolute Gasteiger partial charge is 0.381 e. The highest BCUT2D eigenvalue weighted by Gasteiger charge is 2.29. The summed E-state index contributed by atoms with van der Waals surface area (Å²) in [6.07, 6.45) is -4.29. The molecule has 0 spiro atoms. The highest BCUT2D eigenvalue weighted by atomic mass is 19.4. The van der Waals surface area contributed by atoms with Crippen molar-refractivity contribution in [3.8, 4) is 0 Å². The third-order valence-electron chi connectivity index (χ3n) is 3.36. The van der Waals surface area contributed by atoms with Crippen LogP contribution in [0.3, 0.4) is 0 Å². The fraction of sp³-hybridized carbons (Fsp3) is 0.294. The molecule has 0 bridgehead atoms. The summed E-state index contributed by atoms with van der Waals surface area (Å²) >= 11 is 0. The lowest BCUT2D eigenvalue weighted by Gasteiger charge is -2.10. The van der Waals surface area contributed by atoms with Crippen molar-refractivity contribution in [3.05, 3.63) is 65.2 Å². The van der Waals surface area contributed by atoms with Gasteiger partial charge in [-0.3, -0.25) is 0 Å². The molecule has 4 heteroatoms. The van der Waals surface area contributed by atoms with Crippen molar-refractivity contribution >= 4 is 5.69 Å². The Labute approximate surface area is 122 Å². The number of nitrogens with one attached hydrogen (secondary N) is 1. The van der Waals surface area contributed by atoms with Crippen LogP contribution in [0.2, 0.25) is 0 Å². The van der Waals surface area contributed by atoms with Crippen LogP contribution in [0.1, 0.15) is 36.5 Å². The van der Waals surface area contributed by atoms with Gasteiger partial charge >= 0.3 is 6.18 Å². The molecule has 0 aliphatic rings.